The number of halogens is 1. The maximum Gasteiger partial charge on any atom is 0.273 e. The summed E-state index contributed by atoms with van der Waals surface area (Å²) < 4.78 is 5.01. The number of carbonyl (C=O) groups is 1. The van der Waals surface area contributed by atoms with E-state index in [0.29, 0.717) is 6.54 Å². The Balaban J connectivity index is 2.79. The molecule has 0 heterocycles. The van der Waals surface area contributed by atoms with Gasteiger partial charge in [-0.1, -0.05) is 13.3 Å². The van der Waals surface area contributed by atoms with Gasteiger partial charge >= 0.3 is 0 Å². The number of non-ortho nitro benzene ring substituents is 1. The fourth-order valence-electron chi connectivity index (χ4n) is 1.70. The first-order valence-corrected chi connectivity index (χ1v) is 6.68. The van der Waals surface area contributed by atoms with Gasteiger partial charge in [-0.05, 0) is 12.5 Å². The van der Waals surface area contributed by atoms with Gasteiger partial charge < -0.3 is 10.1 Å². The number of benzene rings is 1. The van der Waals surface area contributed by atoms with E-state index in [1.54, 1.807) is 0 Å². The van der Waals surface area contributed by atoms with Crippen LogP contribution in [-0.2, 0) is 0 Å². The van der Waals surface area contributed by atoms with Gasteiger partial charge in [0.2, 0.25) is 0 Å². The van der Waals surface area contributed by atoms with Gasteiger partial charge in [-0.25, -0.2) is 0 Å². The molecule has 1 amide bonds. The highest BCUT2D eigenvalue weighted by atomic mass is 35.5. The molecule has 0 saturated heterocycles. The summed E-state index contributed by atoms with van der Waals surface area (Å²) >= 11 is 6.02. The molecule has 0 aliphatic heterocycles. The molecule has 0 aliphatic carbocycles. The van der Waals surface area contributed by atoms with E-state index in [9.17, 15) is 14.9 Å². The molecule has 0 aromatic heterocycles. The van der Waals surface area contributed by atoms with Crippen LogP contribution in [0.2, 0.25) is 0 Å². The van der Waals surface area contributed by atoms with Crippen molar-refractivity contribution in [3.05, 3.63) is 33.9 Å². The number of methoxy groups -OCH3 is 1. The van der Waals surface area contributed by atoms with Gasteiger partial charge in [0.15, 0.2) is 0 Å². The van der Waals surface area contributed by atoms with E-state index in [-0.39, 0.29) is 28.3 Å². The molecule has 6 nitrogen and oxygen atoms in total. The number of hydrogen-bond acceptors (Lipinski definition) is 4. The van der Waals surface area contributed by atoms with Crippen molar-refractivity contribution in [2.45, 2.75) is 25.1 Å². The van der Waals surface area contributed by atoms with Crippen LogP contribution in [0.25, 0.3) is 0 Å². The first-order valence-electron chi connectivity index (χ1n) is 6.24. The zero-order valence-electron chi connectivity index (χ0n) is 11.4. The van der Waals surface area contributed by atoms with E-state index in [0.717, 1.165) is 12.8 Å². The Hall–Kier alpha value is -1.82. The lowest BCUT2D eigenvalue weighted by atomic mass is 10.1. The highest BCUT2D eigenvalue weighted by molar-refractivity contribution is 6.20. The van der Waals surface area contributed by atoms with Crippen LogP contribution in [0.1, 0.15) is 30.1 Å². The van der Waals surface area contributed by atoms with E-state index in [4.69, 9.17) is 16.3 Å². The van der Waals surface area contributed by atoms with Crippen molar-refractivity contribution in [1.82, 2.24) is 5.32 Å². The second kappa shape index (κ2) is 7.69. The quantitative estimate of drug-likeness (QED) is 0.477. The van der Waals surface area contributed by atoms with Crippen LogP contribution in [0.15, 0.2) is 18.2 Å². The zero-order chi connectivity index (χ0) is 15.1. The topological polar surface area (TPSA) is 81.5 Å². The van der Waals surface area contributed by atoms with Gasteiger partial charge in [0.1, 0.15) is 5.75 Å². The molecule has 1 N–H and O–H groups in total. The van der Waals surface area contributed by atoms with Gasteiger partial charge in [-0.3, -0.25) is 14.9 Å². The van der Waals surface area contributed by atoms with Crippen molar-refractivity contribution < 1.29 is 14.5 Å². The molecule has 110 valence electrons. The largest absolute Gasteiger partial charge is 0.496 e. The first kappa shape index (κ1) is 16.2. The van der Waals surface area contributed by atoms with Crippen molar-refractivity contribution in [3.63, 3.8) is 0 Å². The maximum absolute atomic E-state index is 12.0. The van der Waals surface area contributed by atoms with Crippen LogP contribution in [0.3, 0.4) is 0 Å². The van der Waals surface area contributed by atoms with Crippen LogP contribution in [0.4, 0.5) is 5.69 Å². The summed E-state index contributed by atoms with van der Waals surface area (Å²) in [6, 6.07) is 3.86. The third-order valence-electron chi connectivity index (χ3n) is 2.73. The van der Waals surface area contributed by atoms with Gasteiger partial charge in [0.25, 0.3) is 11.6 Å². The van der Waals surface area contributed by atoms with Crippen LogP contribution in [0, 0.1) is 10.1 Å². The highest BCUT2D eigenvalue weighted by Crippen LogP contribution is 2.24. The minimum atomic E-state index is -0.541. The lowest BCUT2D eigenvalue weighted by Gasteiger charge is -2.11. The number of nitrogens with one attached hydrogen (secondary N) is 1. The third kappa shape index (κ3) is 4.38. The maximum atomic E-state index is 12.0. The number of nitrogens with zero attached hydrogens (tertiary/aromatic N) is 1. The Labute approximate surface area is 122 Å². The van der Waals surface area contributed by atoms with Gasteiger partial charge in [-0.15, -0.1) is 11.6 Å². The molecule has 1 aromatic carbocycles. The zero-order valence-corrected chi connectivity index (χ0v) is 12.1. The molecule has 0 fully saturated rings. The second-order valence-corrected chi connectivity index (χ2v) is 4.85. The Bertz CT molecular complexity index is 493. The molecule has 7 heteroatoms. The van der Waals surface area contributed by atoms with Crippen LogP contribution >= 0.6 is 11.6 Å². The minimum Gasteiger partial charge on any atom is -0.496 e. The van der Waals surface area contributed by atoms with Crippen LogP contribution in [-0.4, -0.2) is 29.9 Å². The Morgan fingerprint density at radius 1 is 1.55 bits per heavy atom. The Morgan fingerprint density at radius 3 is 2.80 bits per heavy atom. The molecular weight excluding hydrogens is 284 g/mol. The number of nitro groups is 1. The number of nitro benzene ring substituents is 1. The fraction of sp³-hybridized carbons (Fsp3) is 0.462. The number of rotatable bonds is 7. The van der Waals surface area contributed by atoms with Crippen molar-refractivity contribution in [2.75, 3.05) is 13.7 Å². The monoisotopic (exact) mass is 300 g/mol. The number of alkyl halides is 1. The molecule has 20 heavy (non-hydrogen) atoms. The molecule has 1 atom stereocenters. The van der Waals surface area contributed by atoms with Gasteiger partial charge in [0.05, 0.1) is 29.0 Å². The summed E-state index contributed by atoms with van der Waals surface area (Å²) in [6.07, 6.45) is 1.74. The fourth-order valence-corrected chi connectivity index (χ4v) is 1.99. The summed E-state index contributed by atoms with van der Waals surface area (Å²) in [5.74, 6) is -0.197. The van der Waals surface area contributed by atoms with Crippen molar-refractivity contribution >= 4 is 23.2 Å². The lowest BCUT2D eigenvalue weighted by molar-refractivity contribution is -0.384. The van der Waals surface area contributed by atoms with Gasteiger partial charge in [0, 0.05) is 12.6 Å². The smallest absolute Gasteiger partial charge is 0.273 e. The van der Waals surface area contributed by atoms with E-state index in [2.05, 4.69) is 5.32 Å². The van der Waals surface area contributed by atoms with E-state index < -0.39 is 4.92 Å². The molecule has 0 radical (unpaired) electrons. The molecule has 0 spiro atoms. The Morgan fingerprint density at radius 2 is 2.25 bits per heavy atom. The highest BCUT2D eigenvalue weighted by Gasteiger charge is 2.17. The summed E-state index contributed by atoms with van der Waals surface area (Å²) in [4.78, 5) is 22.1. The summed E-state index contributed by atoms with van der Waals surface area (Å²) in [5, 5.41) is 13.2. The molecule has 0 aliphatic rings. The normalized spacial score (nSPS) is 11.8. The third-order valence-corrected chi connectivity index (χ3v) is 3.10. The van der Waals surface area contributed by atoms with Gasteiger partial charge in [-0.2, -0.15) is 0 Å². The molecule has 0 saturated carbocycles. The minimum absolute atomic E-state index is 0.125. The van der Waals surface area contributed by atoms with E-state index >= 15 is 0 Å². The summed E-state index contributed by atoms with van der Waals surface area (Å²) in [6.45, 7) is 2.35. The number of hydrogen-bond donors (Lipinski definition) is 1. The summed E-state index contributed by atoms with van der Waals surface area (Å²) in [7, 11) is 1.36. The second-order valence-electron chi connectivity index (χ2n) is 4.24. The van der Waals surface area contributed by atoms with E-state index in [1.807, 2.05) is 6.92 Å². The SMILES string of the molecule is CCCC(Cl)CNC(=O)c1ccc([N+](=O)[O-])cc1OC. The number of amides is 1. The predicted molar refractivity (Wildman–Crippen MR) is 76.5 cm³/mol. The number of carbonyl (C=O) groups excluding carboxylic acids is 1. The number of ether oxygens (including phenoxy) is 1. The van der Waals surface area contributed by atoms with Crippen molar-refractivity contribution in [1.29, 1.82) is 0 Å². The lowest BCUT2D eigenvalue weighted by Crippen LogP contribution is -2.30. The molecule has 1 rings (SSSR count). The standard InChI is InChI=1S/C13H17ClN2O4/c1-3-4-9(14)8-15-13(17)11-6-5-10(16(18)19)7-12(11)20-2/h5-7,9H,3-4,8H2,1-2H3,(H,15,17). The molecular formula is C13H17ClN2O4. The van der Waals surface area contributed by atoms with Crippen LogP contribution < -0.4 is 10.1 Å². The van der Waals surface area contributed by atoms with E-state index in [1.165, 1.54) is 25.3 Å². The summed E-state index contributed by atoms with van der Waals surface area (Å²) in [5.41, 5.74) is 0.123. The average molecular weight is 301 g/mol. The Kier molecular flexibility index (Phi) is 6.24. The molecule has 1 unspecified atom stereocenters. The van der Waals surface area contributed by atoms with Crippen molar-refractivity contribution in [2.24, 2.45) is 0 Å². The van der Waals surface area contributed by atoms with Crippen molar-refractivity contribution in [3.8, 4) is 5.75 Å². The average Bonchev–Trinajstić information content (AvgIpc) is 2.44. The molecule has 1 aromatic rings. The molecule has 0 bridgehead atoms. The first-order chi connectivity index (χ1) is 9.49. The predicted octanol–water partition coefficient (Wildman–Crippen LogP) is 2.74. The van der Waals surface area contributed by atoms with Crippen LogP contribution in [0.5, 0.6) is 5.75 Å².